The number of aromatic nitrogens is 2. The van der Waals surface area contributed by atoms with Crippen molar-refractivity contribution in [2.24, 2.45) is 0 Å². The number of benzene rings is 3. The lowest BCUT2D eigenvalue weighted by atomic mass is 10.1. The van der Waals surface area contributed by atoms with Gasteiger partial charge in [-0.25, -0.2) is 17.8 Å². The van der Waals surface area contributed by atoms with Crippen LogP contribution < -0.4 is 4.72 Å². The fourth-order valence-corrected chi connectivity index (χ4v) is 4.67. The lowest BCUT2D eigenvalue weighted by Crippen LogP contribution is -2.13. The lowest BCUT2D eigenvalue weighted by Gasteiger charge is -2.10. The first-order valence-corrected chi connectivity index (χ1v) is 11.8. The van der Waals surface area contributed by atoms with Gasteiger partial charge in [-0.1, -0.05) is 31.2 Å². The van der Waals surface area contributed by atoms with Gasteiger partial charge in [-0.05, 0) is 66.9 Å². The molecule has 0 fully saturated rings. The van der Waals surface area contributed by atoms with Crippen molar-refractivity contribution >= 4 is 26.7 Å². The number of anilines is 1. The molecule has 160 valence electrons. The van der Waals surface area contributed by atoms with Gasteiger partial charge in [0.25, 0.3) is 10.0 Å². The molecule has 0 aliphatic heterocycles. The molecule has 0 amide bonds. The van der Waals surface area contributed by atoms with Crippen LogP contribution in [-0.2, 0) is 29.4 Å². The van der Waals surface area contributed by atoms with E-state index in [-0.39, 0.29) is 4.90 Å². The summed E-state index contributed by atoms with van der Waals surface area (Å²) in [5, 5.41) is 0. The van der Waals surface area contributed by atoms with Gasteiger partial charge in [0.05, 0.1) is 15.9 Å². The minimum absolute atomic E-state index is 0.0211. The molecule has 0 radical (unpaired) electrons. The summed E-state index contributed by atoms with van der Waals surface area (Å²) in [4.78, 5) is 4.82. The molecule has 31 heavy (non-hydrogen) atoms. The molecular formula is C24H24FN3O2S. The van der Waals surface area contributed by atoms with Gasteiger partial charge < -0.3 is 4.57 Å². The van der Waals surface area contributed by atoms with Crippen LogP contribution in [0.4, 0.5) is 10.1 Å². The average molecular weight is 438 g/mol. The van der Waals surface area contributed by atoms with Gasteiger partial charge in [-0.15, -0.1) is 0 Å². The fraction of sp³-hybridized carbons (Fsp3) is 0.208. The third-order valence-corrected chi connectivity index (χ3v) is 6.55. The van der Waals surface area contributed by atoms with Gasteiger partial charge in [0.2, 0.25) is 0 Å². The van der Waals surface area contributed by atoms with Gasteiger partial charge in [-0.3, -0.25) is 4.72 Å². The molecule has 0 aliphatic rings. The lowest BCUT2D eigenvalue weighted by molar-refractivity contribution is 0.599. The van der Waals surface area contributed by atoms with Crippen molar-refractivity contribution in [3.63, 3.8) is 0 Å². The van der Waals surface area contributed by atoms with Crippen LogP contribution in [0.1, 0.15) is 24.7 Å². The number of nitrogens with one attached hydrogen (secondary N) is 1. The minimum Gasteiger partial charge on any atom is -0.328 e. The number of rotatable bonds is 8. The molecule has 0 saturated heterocycles. The second kappa shape index (κ2) is 8.89. The van der Waals surface area contributed by atoms with E-state index in [1.54, 1.807) is 12.1 Å². The molecule has 3 aromatic carbocycles. The Morgan fingerprint density at radius 1 is 0.935 bits per heavy atom. The summed E-state index contributed by atoms with van der Waals surface area (Å²) in [6, 6.07) is 20.2. The van der Waals surface area contributed by atoms with Crippen molar-refractivity contribution < 1.29 is 12.8 Å². The van der Waals surface area contributed by atoms with Crippen LogP contribution in [0.15, 0.2) is 77.7 Å². The molecule has 0 bridgehead atoms. The number of hydrogen-bond acceptors (Lipinski definition) is 3. The number of para-hydroxylation sites is 2. The number of sulfonamides is 1. The quantitative estimate of drug-likeness (QED) is 0.414. The van der Waals surface area contributed by atoms with E-state index in [9.17, 15) is 12.8 Å². The van der Waals surface area contributed by atoms with Crippen LogP contribution in [0.3, 0.4) is 0 Å². The highest BCUT2D eigenvalue weighted by atomic mass is 32.2. The van der Waals surface area contributed by atoms with E-state index in [4.69, 9.17) is 4.98 Å². The highest BCUT2D eigenvalue weighted by Gasteiger charge is 2.14. The maximum absolute atomic E-state index is 13.0. The Labute approximate surface area is 181 Å². The molecule has 1 heterocycles. The minimum atomic E-state index is -3.75. The highest BCUT2D eigenvalue weighted by molar-refractivity contribution is 7.92. The van der Waals surface area contributed by atoms with E-state index in [0.29, 0.717) is 5.69 Å². The first-order chi connectivity index (χ1) is 15.0. The van der Waals surface area contributed by atoms with Crippen LogP contribution in [0, 0.1) is 5.82 Å². The molecule has 4 aromatic rings. The maximum atomic E-state index is 13.0. The molecule has 0 saturated carbocycles. The second-order valence-electron chi connectivity index (χ2n) is 7.42. The van der Waals surface area contributed by atoms with Gasteiger partial charge >= 0.3 is 0 Å². The van der Waals surface area contributed by atoms with E-state index in [1.807, 2.05) is 30.3 Å². The molecular weight excluding hydrogens is 413 g/mol. The highest BCUT2D eigenvalue weighted by Crippen LogP contribution is 2.20. The topological polar surface area (TPSA) is 64.0 Å². The summed E-state index contributed by atoms with van der Waals surface area (Å²) in [5.74, 6) is 0.583. The molecule has 0 aliphatic carbocycles. The Morgan fingerprint density at radius 2 is 1.65 bits per heavy atom. The van der Waals surface area contributed by atoms with Gasteiger partial charge in [0.15, 0.2) is 0 Å². The predicted octanol–water partition coefficient (Wildman–Crippen LogP) is 5.17. The molecule has 1 aromatic heterocycles. The first-order valence-electron chi connectivity index (χ1n) is 10.3. The van der Waals surface area contributed by atoms with Crippen LogP contribution in [0.25, 0.3) is 11.0 Å². The SMILES string of the molecule is CCCn1c(CCc2ccc(NS(=O)(=O)c3ccc(F)cc3)cc2)nc2ccccc21. The number of aryl methyl sites for hydroxylation is 3. The Bertz CT molecular complexity index is 1280. The molecule has 0 spiro atoms. The fourth-order valence-electron chi connectivity index (χ4n) is 3.61. The zero-order valence-electron chi connectivity index (χ0n) is 17.3. The van der Waals surface area contributed by atoms with Crippen molar-refractivity contribution in [2.45, 2.75) is 37.6 Å². The van der Waals surface area contributed by atoms with Crippen molar-refractivity contribution in [2.75, 3.05) is 4.72 Å². The number of imidazole rings is 1. The van der Waals surface area contributed by atoms with Gasteiger partial charge in [-0.2, -0.15) is 0 Å². The second-order valence-corrected chi connectivity index (χ2v) is 9.11. The number of fused-ring (bicyclic) bond motifs is 1. The summed E-state index contributed by atoms with van der Waals surface area (Å²) in [6.07, 6.45) is 2.64. The summed E-state index contributed by atoms with van der Waals surface area (Å²) in [6.45, 7) is 3.09. The summed E-state index contributed by atoms with van der Waals surface area (Å²) in [5.41, 5.74) is 3.73. The van der Waals surface area contributed by atoms with Gasteiger partial charge in [0.1, 0.15) is 11.6 Å². The predicted molar refractivity (Wildman–Crippen MR) is 121 cm³/mol. The zero-order chi connectivity index (χ0) is 21.8. The third-order valence-electron chi connectivity index (χ3n) is 5.15. The van der Waals surface area contributed by atoms with E-state index in [1.165, 1.54) is 12.1 Å². The summed E-state index contributed by atoms with van der Waals surface area (Å²) in [7, 11) is -3.75. The average Bonchev–Trinajstić information content (AvgIpc) is 3.11. The Hall–Kier alpha value is -3.19. The van der Waals surface area contributed by atoms with Crippen molar-refractivity contribution in [1.82, 2.24) is 9.55 Å². The van der Waals surface area contributed by atoms with E-state index < -0.39 is 15.8 Å². The smallest absolute Gasteiger partial charge is 0.261 e. The largest absolute Gasteiger partial charge is 0.328 e. The number of nitrogens with zero attached hydrogens (tertiary/aromatic N) is 2. The molecule has 0 atom stereocenters. The maximum Gasteiger partial charge on any atom is 0.261 e. The molecule has 5 nitrogen and oxygen atoms in total. The zero-order valence-corrected chi connectivity index (χ0v) is 18.1. The Morgan fingerprint density at radius 3 is 2.35 bits per heavy atom. The molecule has 0 unspecified atom stereocenters. The number of hydrogen-bond donors (Lipinski definition) is 1. The number of halogens is 1. The third kappa shape index (κ3) is 4.77. The molecule has 7 heteroatoms. The van der Waals surface area contributed by atoms with E-state index in [0.717, 1.165) is 60.4 Å². The van der Waals surface area contributed by atoms with Crippen molar-refractivity contribution in [3.8, 4) is 0 Å². The van der Waals surface area contributed by atoms with Gasteiger partial charge in [0, 0.05) is 18.7 Å². The summed E-state index contributed by atoms with van der Waals surface area (Å²) < 4.78 is 42.8. The Balaban J connectivity index is 1.45. The molecule has 4 rings (SSSR count). The van der Waals surface area contributed by atoms with E-state index >= 15 is 0 Å². The van der Waals surface area contributed by atoms with Crippen LogP contribution in [0.5, 0.6) is 0 Å². The van der Waals surface area contributed by atoms with Crippen molar-refractivity contribution in [1.29, 1.82) is 0 Å². The van der Waals surface area contributed by atoms with Crippen LogP contribution in [0.2, 0.25) is 0 Å². The van der Waals surface area contributed by atoms with Crippen LogP contribution in [-0.4, -0.2) is 18.0 Å². The standard InChI is InChI=1S/C24H24FN3O2S/c1-2-17-28-23-6-4-3-5-22(23)26-24(28)16-9-18-7-12-20(13-8-18)27-31(29,30)21-14-10-19(25)11-15-21/h3-8,10-15,27H,2,9,16-17H2,1H3. The van der Waals surface area contributed by atoms with E-state index in [2.05, 4.69) is 22.3 Å². The van der Waals surface area contributed by atoms with Crippen molar-refractivity contribution in [3.05, 3.63) is 90.0 Å². The first kappa shape index (κ1) is 21.1. The monoisotopic (exact) mass is 437 g/mol. The normalized spacial score (nSPS) is 11.7. The molecule has 1 N–H and O–H groups in total. The summed E-state index contributed by atoms with van der Waals surface area (Å²) >= 11 is 0. The van der Waals surface area contributed by atoms with Crippen LogP contribution >= 0.6 is 0 Å². The Kier molecular flexibility index (Phi) is 6.04.